The maximum atomic E-state index is 8.71. The van der Waals surface area contributed by atoms with Crippen LogP contribution in [0.1, 0.15) is 0 Å². The van der Waals surface area contributed by atoms with Crippen molar-refractivity contribution in [3.8, 4) is 0 Å². The molecule has 1 aromatic heterocycles. The third-order valence-electron chi connectivity index (χ3n) is 2.04. The van der Waals surface area contributed by atoms with E-state index in [0.29, 0.717) is 0 Å². The second kappa shape index (κ2) is 7.00. The van der Waals surface area contributed by atoms with E-state index in [1.807, 2.05) is 36.4 Å². The van der Waals surface area contributed by atoms with Crippen molar-refractivity contribution in [3.05, 3.63) is 61.0 Å². The molecular formula is C12H14N4O2. The first kappa shape index (κ1) is 13.6. The van der Waals surface area contributed by atoms with Gasteiger partial charge in [0.2, 0.25) is 0 Å². The van der Waals surface area contributed by atoms with E-state index in [2.05, 4.69) is 15.4 Å². The number of hydrogen-bond donors (Lipinski definition) is 2. The molecule has 1 aromatic carbocycles. The van der Waals surface area contributed by atoms with Crippen molar-refractivity contribution in [2.45, 2.75) is 0 Å². The van der Waals surface area contributed by atoms with Gasteiger partial charge in [-0.05, 0) is 24.3 Å². The molecule has 94 valence electrons. The Hall–Kier alpha value is -2.44. The molecule has 0 saturated carbocycles. The van der Waals surface area contributed by atoms with E-state index in [0.717, 1.165) is 16.1 Å². The van der Waals surface area contributed by atoms with Crippen LogP contribution in [-0.4, -0.2) is 31.2 Å². The van der Waals surface area contributed by atoms with Gasteiger partial charge in [-0.3, -0.25) is 10.3 Å². The molecule has 0 spiro atoms. The van der Waals surface area contributed by atoms with E-state index < -0.39 is 0 Å². The molecule has 2 heterocycles. The zero-order valence-corrected chi connectivity index (χ0v) is 9.56. The number of hydroxylamine groups is 2. The van der Waals surface area contributed by atoms with Crippen LogP contribution in [0.4, 0.5) is 0 Å². The number of hydrogen-bond acceptors (Lipinski definition) is 4. The Kier molecular flexibility index (Phi) is 5.30. The average Bonchev–Trinajstić information content (AvgIpc) is 2.71. The predicted molar refractivity (Wildman–Crippen MR) is 68.5 cm³/mol. The van der Waals surface area contributed by atoms with E-state index in [1.165, 1.54) is 0 Å². The van der Waals surface area contributed by atoms with Crippen LogP contribution < -0.4 is 0 Å². The number of aromatic nitrogens is 3. The van der Waals surface area contributed by atoms with Crippen LogP contribution in [0.3, 0.4) is 0 Å². The second-order valence-electron chi connectivity index (χ2n) is 3.28. The summed E-state index contributed by atoms with van der Waals surface area (Å²) in [5.74, 6) is 0. The molecule has 6 nitrogen and oxygen atoms in total. The van der Waals surface area contributed by atoms with E-state index in [4.69, 9.17) is 5.21 Å². The van der Waals surface area contributed by atoms with Gasteiger partial charge < -0.3 is 5.48 Å². The summed E-state index contributed by atoms with van der Waals surface area (Å²) in [4.78, 5) is 0. The summed E-state index contributed by atoms with van der Waals surface area (Å²) < 4.78 is 0. The first-order valence-electron chi connectivity index (χ1n) is 5.11. The minimum atomic E-state index is 0. The predicted octanol–water partition coefficient (Wildman–Crippen LogP) is 1.41. The molecule has 1 aliphatic heterocycles. The highest BCUT2D eigenvalue weighted by Gasteiger charge is 1.90. The minimum absolute atomic E-state index is 0. The second-order valence-corrected chi connectivity index (χ2v) is 3.28. The van der Waals surface area contributed by atoms with Crippen molar-refractivity contribution in [1.29, 1.82) is 0 Å². The molecule has 0 radical (unpaired) electrons. The molecule has 0 saturated heterocycles. The monoisotopic (exact) mass is 246 g/mol. The Bertz CT molecular complexity index is 514. The fourth-order valence-electron chi connectivity index (χ4n) is 1.24. The lowest BCUT2D eigenvalue weighted by molar-refractivity contribution is 0.0117. The van der Waals surface area contributed by atoms with E-state index in [1.54, 1.807) is 24.6 Å². The number of H-pyrrole nitrogens is 1. The first-order chi connectivity index (χ1) is 8.36. The van der Waals surface area contributed by atoms with Crippen LogP contribution in [0.2, 0.25) is 0 Å². The van der Waals surface area contributed by atoms with Gasteiger partial charge in [0.1, 0.15) is 5.52 Å². The van der Waals surface area contributed by atoms with Gasteiger partial charge in [-0.25, -0.2) is 5.06 Å². The Morgan fingerprint density at radius 3 is 2.33 bits per heavy atom. The highest BCUT2D eigenvalue weighted by Crippen LogP contribution is 2.03. The topological polar surface area (TPSA) is 96.5 Å². The standard InChI is InChI=1S/C6H5N3.C6H7NO.H2O/c1-2-4-6-5(3-1)7-9-8-6;8-7-5-3-1-2-4-6-7;/h1-4H,(H,7,8,9);1-6,8H;1H2. The van der Waals surface area contributed by atoms with Gasteiger partial charge in [-0.2, -0.15) is 0 Å². The summed E-state index contributed by atoms with van der Waals surface area (Å²) in [5, 5.41) is 19.9. The normalized spacial score (nSPS) is 12.6. The molecular weight excluding hydrogens is 232 g/mol. The van der Waals surface area contributed by atoms with Gasteiger partial charge in [0, 0.05) is 12.4 Å². The number of aromatic amines is 1. The lowest BCUT2D eigenvalue weighted by Gasteiger charge is -1.99. The zero-order chi connectivity index (χ0) is 11.9. The Morgan fingerprint density at radius 2 is 1.67 bits per heavy atom. The van der Waals surface area contributed by atoms with Crippen molar-refractivity contribution < 1.29 is 10.7 Å². The maximum Gasteiger partial charge on any atom is 0.112 e. The number of rotatable bonds is 0. The molecule has 4 N–H and O–H groups in total. The first-order valence-corrected chi connectivity index (χ1v) is 5.11. The van der Waals surface area contributed by atoms with Crippen molar-refractivity contribution in [2.75, 3.05) is 0 Å². The number of para-hydroxylation sites is 1. The van der Waals surface area contributed by atoms with Gasteiger partial charge in [0.05, 0.1) is 5.52 Å². The Labute approximate surface area is 104 Å². The molecule has 0 bridgehead atoms. The van der Waals surface area contributed by atoms with Crippen LogP contribution in [0.5, 0.6) is 0 Å². The fraction of sp³-hybridized carbons (Fsp3) is 0. The van der Waals surface area contributed by atoms with Crippen LogP contribution >= 0.6 is 0 Å². The van der Waals surface area contributed by atoms with Crippen LogP contribution in [0.25, 0.3) is 11.0 Å². The van der Waals surface area contributed by atoms with Crippen molar-refractivity contribution in [3.63, 3.8) is 0 Å². The minimum Gasteiger partial charge on any atom is -0.412 e. The van der Waals surface area contributed by atoms with Crippen molar-refractivity contribution in [2.24, 2.45) is 0 Å². The number of nitrogens with one attached hydrogen (secondary N) is 1. The SMILES string of the molecule is O.ON1C=CC=CC=C1.c1ccc2[nH]nnc2c1. The summed E-state index contributed by atoms with van der Waals surface area (Å²) in [7, 11) is 0. The average molecular weight is 246 g/mol. The number of nitrogens with zero attached hydrogens (tertiary/aromatic N) is 3. The molecule has 2 aromatic rings. The molecule has 0 atom stereocenters. The van der Waals surface area contributed by atoms with E-state index in [9.17, 15) is 0 Å². The van der Waals surface area contributed by atoms with Crippen LogP contribution in [-0.2, 0) is 0 Å². The number of benzene rings is 1. The smallest absolute Gasteiger partial charge is 0.112 e. The lowest BCUT2D eigenvalue weighted by atomic mass is 10.3. The van der Waals surface area contributed by atoms with E-state index >= 15 is 0 Å². The molecule has 0 unspecified atom stereocenters. The number of allylic oxidation sites excluding steroid dienone is 4. The summed E-state index contributed by atoms with van der Waals surface area (Å²) in [6.45, 7) is 0. The van der Waals surface area contributed by atoms with Gasteiger partial charge in [-0.15, -0.1) is 5.10 Å². The van der Waals surface area contributed by atoms with Crippen LogP contribution in [0, 0.1) is 0 Å². The summed E-state index contributed by atoms with van der Waals surface area (Å²) in [6, 6.07) is 7.74. The van der Waals surface area contributed by atoms with Crippen molar-refractivity contribution >= 4 is 11.0 Å². The fourth-order valence-corrected chi connectivity index (χ4v) is 1.24. The van der Waals surface area contributed by atoms with Gasteiger partial charge in [0.15, 0.2) is 0 Å². The lowest BCUT2D eigenvalue weighted by Crippen LogP contribution is -1.98. The Morgan fingerprint density at radius 1 is 1.00 bits per heavy atom. The molecule has 18 heavy (non-hydrogen) atoms. The maximum absolute atomic E-state index is 8.71. The molecule has 6 heteroatoms. The molecule has 0 aliphatic carbocycles. The zero-order valence-electron chi connectivity index (χ0n) is 9.56. The van der Waals surface area contributed by atoms with E-state index in [-0.39, 0.29) is 5.48 Å². The third kappa shape index (κ3) is 3.85. The third-order valence-corrected chi connectivity index (χ3v) is 2.04. The van der Waals surface area contributed by atoms with Crippen molar-refractivity contribution in [1.82, 2.24) is 20.5 Å². The molecule has 1 aliphatic rings. The summed E-state index contributed by atoms with van der Waals surface area (Å²) in [6.07, 6.45) is 10.3. The van der Waals surface area contributed by atoms with Gasteiger partial charge in [-0.1, -0.05) is 29.5 Å². The molecule has 3 rings (SSSR count). The van der Waals surface area contributed by atoms with Gasteiger partial charge >= 0.3 is 0 Å². The molecule has 0 fully saturated rings. The van der Waals surface area contributed by atoms with Crippen LogP contribution in [0.15, 0.2) is 61.0 Å². The molecule has 0 amide bonds. The quantitative estimate of drug-likeness (QED) is 0.734. The largest absolute Gasteiger partial charge is 0.412 e. The number of fused-ring (bicyclic) bond motifs is 1. The van der Waals surface area contributed by atoms with Gasteiger partial charge in [0.25, 0.3) is 0 Å². The summed E-state index contributed by atoms with van der Waals surface area (Å²) >= 11 is 0. The highest BCUT2D eigenvalue weighted by atomic mass is 16.5. The summed E-state index contributed by atoms with van der Waals surface area (Å²) in [5.41, 5.74) is 1.90. The Balaban J connectivity index is 0.000000172. The highest BCUT2D eigenvalue weighted by molar-refractivity contribution is 5.72.